The lowest BCUT2D eigenvalue weighted by atomic mass is 9.89. The molecule has 0 aliphatic heterocycles. The van der Waals surface area contributed by atoms with E-state index in [2.05, 4.69) is 28.7 Å². The Hall–Kier alpha value is -3.12. The number of hydroxylamine groups is 1. The second kappa shape index (κ2) is 11.0. The number of carboxylic acids is 1. The number of carboxylic acid groups (broad SMARTS) is 1. The summed E-state index contributed by atoms with van der Waals surface area (Å²) in [7, 11) is 0. The maximum atomic E-state index is 10.9. The Bertz CT molecular complexity index is 979. The number of fused-ring (bicyclic) bond motifs is 1. The van der Waals surface area contributed by atoms with E-state index in [9.17, 15) is 4.79 Å². The van der Waals surface area contributed by atoms with Crippen molar-refractivity contribution >= 4 is 17.2 Å². The number of hydrogen-bond acceptors (Lipinski definition) is 5. The molecular weight excluding hydrogens is 404 g/mol. The van der Waals surface area contributed by atoms with Crippen LogP contribution in [0.25, 0.3) is 11.3 Å². The number of hydrogen-bond donors (Lipinski definition) is 2. The third kappa shape index (κ3) is 5.77. The minimum absolute atomic E-state index is 0.326. The highest BCUT2D eigenvalue weighted by molar-refractivity contribution is 5.73. The molecule has 0 bridgehead atoms. The minimum Gasteiger partial charge on any atom is -0.482 e. The van der Waals surface area contributed by atoms with Crippen molar-refractivity contribution in [1.29, 1.82) is 0 Å². The predicted octanol–water partition coefficient (Wildman–Crippen LogP) is 5.02. The Labute approximate surface area is 188 Å². The van der Waals surface area contributed by atoms with Gasteiger partial charge in [0, 0.05) is 23.5 Å². The highest BCUT2D eigenvalue weighted by Crippen LogP contribution is 2.34. The number of benzene rings is 1. The van der Waals surface area contributed by atoms with E-state index < -0.39 is 5.97 Å². The molecule has 2 aliphatic rings. The summed E-state index contributed by atoms with van der Waals surface area (Å²) in [6.45, 7) is 0.195. The van der Waals surface area contributed by atoms with Crippen molar-refractivity contribution in [2.75, 3.05) is 13.2 Å². The number of ether oxygens (including phenoxy) is 1. The van der Waals surface area contributed by atoms with Crippen molar-refractivity contribution in [3.05, 3.63) is 71.6 Å². The highest BCUT2D eigenvalue weighted by atomic mass is 16.6. The molecule has 1 aromatic heterocycles. The van der Waals surface area contributed by atoms with Crippen LogP contribution in [0.5, 0.6) is 5.75 Å². The zero-order chi connectivity index (χ0) is 22.2. The molecule has 0 unspecified atom stereocenters. The maximum absolute atomic E-state index is 10.9. The van der Waals surface area contributed by atoms with Crippen molar-refractivity contribution in [2.45, 2.75) is 44.9 Å². The summed E-state index contributed by atoms with van der Waals surface area (Å²) >= 11 is 0. The molecule has 0 saturated heterocycles. The number of nitrogens with one attached hydrogen (secondary N) is 1. The molecule has 1 saturated carbocycles. The van der Waals surface area contributed by atoms with Gasteiger partial charge in [-0.2, -0.15) is 0 Å². The largest absolute Gasteiger partial charge is 0.482 e. The van der Waals surface area contributed by atoms with Gasteiger partial charge in [-0.3, -0.25) is 15.3 Å². The molecule has 2 aromatic rings. The third-order valence-electron chi connectivity index (χ3n) is 6.05. The molecule has 2 aliphatic carbocycles. The molecule has 1 fully saturated rings. The van der Waals surface area contributed by atoms with Crippen LogP contribution in [0.15, 0.2) is 54.9 Å². The van der Waals surface area contributed by atoms with Gasteiger partial charge in [-0.1, -0.05) is 37.1 Å². The van der Waals surface area contributed by atoms with Crippen LogP contribution in [0, 0.1) is 5.92 Å². The summed E-state index contributed by atoms with van der Waals surface area (Å²) in [5, 5.41) is 8.92. The Morgan fingerprint density at radius 3 is 2.88 bits per heavy atom. The molecule has 0 atom stereocenters. The average molecular weight is 435 g/mol. The fraction of sp³-hybridized carbons (Fsp3) is 0.385. The fourth-order valence-electron chi connectivity index (χ4n) is 4.50. The first-order valence-corrected chi connectivity index (χ1v) is 11.4. The molecule has 4 rings (SSSR count). The van der Waals surface area contributed by atoms with Crippen molar-refractivity contribution in [3.63, 3.8) is 0 Å². The van der Waals surface area contributed by atoms with E-state index in [0.29, 0.717) is 18.3 Å². The smallest absolute Gasteiger partial charge is 0.341 e. The lowest BCUT2D eigenvalue weighted by Crippen LogP contribution is -2.16. The van der Waals surface area contributed by atoms with Gasteiger partial charge in [0.05, 0.1) is 12.3 Å². The molecule has 2 N–H and O–H groups in total. The monoisotopic (exact) mass is 434 g/mol. The lowest BCUT2D eigenvalue weighted by molar-refractivity contribution is -0.139. The number of aliphatic carboxylic acids is 1. The van der Waals surface area contributed by atoms with Gasteiger partial charge >= 0.3 is 5.97 Å². The second-order valence-electron chi connectivity index (χ2n) is 8.30. The Morgan fingerprint density at radius 2 is 2.09 bits per heavy atom. The van der Waals surface area contributed by atoms with Crippen molar-refractivity contribution in [1.82, 2.24) is 10.5 Å². The van der Waals surface area contributed by atoms with E-state index in [4.69, 9.17) is 14.7 Å². The quantitative estimate of drug-likeness (QED) is 0.404. The molecule has 32 heavy (non-hydrogen) atoms. The Balaban J connectivity index is 1.37. The number of nitrogens with zero attached hydrogens (tertiary/aromatic N) is 1. The van der Waals surface area contributed by atoms with Crippen LogP contribution >= 0.6 is 0 Å². The van der Waals surface area contributed by atoms with Gasteiger partial charge in [-0.15, -0.1) is 0 Å². The van der Waals surface area contributed by atoms with Crippen molar-refractivity contribution < 1.29 is 19.5 Å². The molecule has 1 aromatic carbocycles. The average Bonchev–Trinajstić information content (AvgIpc) is 3.33. The number of pyridine rings is 1. The molecular formula is C26H30N2O4. The van der Waals surface area contributed by atoms with Gasteiger partial charge in [0.25, 0.3) is 0 Å². The number of allylic oxidation sites excluding steroid dienone is 2. The van der Waals surface area contributed by atoms with Gasteiger partial charge in [0.2, 0.25) is 0 Å². The summed E-state index contributed by atoms with van der Waals surface area (Å²) in [4.78, 5) is 21.0. The zero-order valence-electron chi connectivity index (χ0n) is 18.3. The summed E-state index contributed by atoms with van der Waals surface area (Å²) in [6.07, 6.45) is 15.7. The third-order valence-corrected chi connectivity index (χ3v) is 6.05. The van der Waals surface area contributed by atoms with E-state index in [1.165, 1.54) is 31.3 Å². The first kappa shape index (κ1) is 22.1. The van der Waals surface area contributed by atoms with E-state index in [-0.39, 0.29) is 6.61 Å². The summed E-state index contributed by atoms with van der Waals surface area (Å²) in [6, 6.07) is 9.81. The van der Waals surface area contributed by atoms with E-state index in [1.807, 2.05) is 30.5 Å². The van der Waals surface area contributed by atoms with Crippen LogP contribution < -0.4 is 10.2 Å². The van der Waals surface area contributed by atoms with Crippen LogP contribution in [0.3, 0.4) is 0 Å². The first-order valence-electron chi connectivity index (χ1n) is 11.4. The molecule has 1 heterocycles. The summed E-state index contributed by atoms with van der Waals surface area (Å²) in [5.41, 5.74) is 8.59. The summed E-state index contributed by atoms with van der Waals surface area (Å²) < 4.78 is 5.50. The van der Waals surface area contributed by atoms with Gasteiger partial charge in [-0.25, -0.2) is 4.79 Å². The highest BCUT2D eigenvalue weighted by Gasteiger charge is 2.18. The fourth-order valence-corrected chi connectivity index (χ4v) is 4.50. The van der Waals surface area contributed by atoms with Crippen LogP contribution in [-0.2, 0) is 16.1 Å². The van der Waals surface area contributed by atoms with E-state index in [0.717, 1.165) is 41.6 Å². The first-order chi connectivity index (χ1) is 15.7. The van der Waals surface area contributed by atoms with Crippen LogP contribution in [-0.4, -0.2) is 29.3 Å². The topological polar surface area (TPSA) is 80.7 Å². The molecule has 0 radical (unpaired) electrons. The van der Waals surface area contributed by atoms with Gasteiger partial charge in [0.1, 0.15) is 5.75 Å². The van der Waals surface area contributed by atoms with Crippen molar-refractivity contribution in [3.8, 4) is 5.75 Å². The zero-order valence-corrected chi connectivity index (χ0v) is 18.3. The SMILES string of the molecule is O=C(O)COc1cccc2c1CCC=C2CCONC(=CC1CCCC1)c1cccnc1. The van der Waals surface area contributed by atoms with Gasteiger partial charge in [0.15, 0.2) is 6.61 Å². The molecule has 0 spiro atoms. The van der Waals surface area contributed by atoms with Crippen LogP contribution in [0.4, 0.5) is 0 Å². The Morgan fingerprint density at radius 1 is 1.22 bits per heavy atom. The minimum atomic E-state index is -0.969. The predicted molar refractivity (Wildman–Crippen MR) is 124 cm³/mol. The normalized spacial score (nSPS) is 16.4. The molecule has 168 valence electrons. The van der Waals surface area contributed by atoms with Gasteiger partial charge < -0.3 is 9.84 Å². The maximum Gasteiger partial charge on any atom is 0.341 e. The van der Waals surface area contributed by atoms with E-state index >= 15 is 0 Å². The number of rotatable bonds is 10. The number of carbonyl (C=O) groups is 1. The number of aromatic nitrogens is 1. The second-order valence-corrected chi connectivity index (χ2v) is 8.30. The molecule has 6 heteroatoms. The Kier molecular flexibility index (Phi) is 7.56. The van der Waals surface area contributed by atoms with Crippen molar-refractivity contribution in [2.24, 2.45) is 5.92 Å². The summed E-state index contributed by atoms with van der Waals surface area (Å²) in [5.74, 6) is 0.273. The lowest BCUT2D eigenvalue weighted by Gasteiger charge is -2.21. The van der Waals surface area contributed by atoms with Crippen LogP contribution in [0.1, 0.15) is 55.2 Å². The molecule has 6 nitrogen and oxygen atoms in total. The van der Waals surface area contributed by atoms with Crippen LogP contribution in [0.2, 0.25) is 0 Å². The standard InChI is InChI=1S/C26H30N2O4/c29-26(30)18-31-25-12-4-10-22-20(8-3-11-23(22)25)13-15-32-28-24(16-19-6-1-2-7-19)21-9-5-14-27-17-21/h4-5,8-10,12,14,16-17,19,28H,1-3,6-7,11,13,15,18H2,(H,29,30). The molecule has 0 amide bonds. The van der Waals surface area contributed by atoms with E-state index in [1.54, 1.807) is 6.20 Å². The van der Waals surface area contributed by atoms with Gasteiger partial charge in [-0.05, 0) is 67.4 Å².